The van der Waals surface area contributed by atoms with Gasteiger partial charge in [-0.2, -0.15) is 0 Å². The van der Waals surface area contributed by atoms with E-state index in [4.69, 9.17) is 10.5 Å². The molecule has 0 fully saturated rings. The SMILES string of the molecule is CCOc1cccc2c(N)c(C)c(CC)nc12. The van der Waals surface area contributed by atoms with Crippen molar-refractivity contribution in [3.8, 4) is 5.75 Å². The van der Waals surface area contributed by atoms with E-state index in [-0.39, 0.29) is 0 Å². The van der Waals surface area contributed by atoms with Crippen LogP contribution in [0, 0.1) is 6.92 Å². The zero-order chi connectivity index (χ0) is 12.4. The highest BCUT2D eigenvalue weighted by Gasteiger charge is 2.11. The van der Waals surface area contributed by atoms with Crippen LogP contribution in [0.1, 0.15) is 25.1 Å². The maximum Gasteiger partial charge on any atom is 0.145 e. The Hall–Kier alpha value is -1.77. The fraction of sp³-hybridized carbons (Fsp3) is 0.357. The summed E-state index contributed by atoms with van der Waals surface area (Å²) in [4.78, 5) is 4.67. The molecule has 0 amide bonds. The second-order valence-corrected chi connectivity index (χ2v) is 4.04. The van der Waals surface area contributed by atoms with Gasteiger partial charge in [-0.15, -0.1) is 0 Å². The first-order chi connectivity index (χ1) is 8.19. The van der Waals surface area contributed by atoms with Crippen molar-refractivity contribution < 1.29 is 4.74 Å². The molecule has 3 heteroatoms. The maximum absolute atomic E-state index is 6.16. The molecule has 0 aliphatic carbocycles. The molecule has 0 unspecified atom stereocenters. The highest BCUT2D eigenvalue weighted by atomic mass is 16.5. The molecule has 0 atom stereocenters. The van der Waals surface area contributed by atoms with Crippen LogP contribution in [-0.2, 0) is 6.42 Å². The van der Waals surface area contributed by atoms with E-state index in [1.807, 2.05) is 32.0 Å². The molecule has 0 aliphatic heterocycles. The lowest BCUT2D eigenvalue weighted by molar-refractivity contribution is 0.343. The number of anilines is 1. The zero-order valence-electron chi connectivity index (χ0n) is 10.6. The minimum absolute atomic E-state index is 0.635. The van der Waals surface area contributed by atoms with E-state index < -0.39 is 0 Å². The Balaban J connectivity index is 2.77. The number of hydrogen-bond acceptors (Lipinski definition) is 3. The minimum Gasteiger partial charge on any atom is -0.492 e. The number of rotatable bonds is 3. The van der Waals surface area contributed by atoms with Gasteiger partial charge in [0, 0.05) is 16.8 Å². The molecule has 2 rings (SSSR count). The third kappa shape index (κ3) is 1.93. The smallest absolute Gasteiger partial charge is 0.145 e. The van der Waals surface area contributed by atoms with Crippen molar-refractivity contribution in [3.63, 3.8) is 0 Å². The molecule has 17 heavy (non-hydrogen) atoms. The molecule has 0 spiro atoms. The van der Waals surface area contributed by atoms with Crippen molar-refractivity contribution in [1.82, 2.24) is 4.98 Å². The van der Waals surface area contributed by atoms with Crippen LogP contribution < -0.4 is 10.5 Å². The first kappa shape index (κ1) is 11.7. The number of nitrogens with zero attached hydrogens (tertiary/aromatic N) is 1. The lowest BCUT2D eigenvalue weighted by atomic mass is 10.1. The summed E-state index contributed by atoms with van der Waals surface area (Å²) in [6.45, 7) is 6.71. The summed E-state index contributed by atoms with van der Waals surface area (Å²) in [5, 5.41) is 0.977. The quantitative estimate of drug-likeness (QED) is 0.881. The number of ether oxygens (including phenoxy) is 1. The molecule has 3 nitrogen and oxygen atoms in total. The monoisotopic (exact) mass is 230 g/mol. The van der Waals surface area contributed by atoms with Crippen LogP contribution in [0.2, 0.25) is 0 Å². The van der Waals surface area contributed by atoms with Crippen LogP contribution in [0.3, 0.4) is 0 Å². The fourth-order valence-electron chi connectivity index (χ4n) is 2.05. The largest absolute Gasteiger partial charge is 0.492 e. The predicted octanol–water partition coefficient (Wildman–Crippen LogP) is 3.09. The van der Waals surface area contributed by atoms with Crippen LogP contribution >= 0.6 is 0 Å². The second kappa shape index (κ2) is 4.62. The Bertz CT molecular complexity index is 549. The van der Waals surface area contributed by atoms with E-state index in [2.05, 4.69) is 11.9 Å². The lowest BCUT2D eigenvalue weighted by Gasteiger charge is -2.12. The van der Waals surface area contributed by atoms with E-state index in [1.165, 1.54) is 0 Å². The number of nitrogens with two attached hydrogens (primary N) is 1. The molecule has 1 aromatic heterocycles. The first-order valence-corrected chi connectivity index (χ1v) is 5.99. The number of fused-ring (bicyclic) bond motifs is 1. The third-order valence-corrected chi connectivity index (χ3v) is 3.01. The van der Waals surface area contributed by atoms with E-state index >= 15 is 0 Å². The van der Waals surface area contributed by atoms with E-state index in [1.54, 1.807) is 0 Å². The molecule has 1 heterocycles. The van der Waals surface area contributed by atoms with Gasteiger partial charge in [-0.3, -0.25) is 0 Å². The van der Waals surface area contributed by atoms with Crippen LogP contribution in [0.5, 0.6) is 5.75 Å². The molecule has 0 bridgehead atoms. The van der Waals surface area contributed by atoms with Gasteiger partial charge in [0.25, 0.3) is 0 Å². The van der Waals surface area contributed by atoms with Crippen LogP contribution in [0.25, 0.3) is 10.9 Å². The molecule has 0 saturated heterocycles. The average Bonchev–Trinajstić information content (AvgIpc) is 2.34. The summed E-state index contributed by atoms with van der Waals surface area (Å²) >= 11 is 0. The lowest BCUT2D eigenvalue weighted by Crippen LogP contribution is -2.02. The minimum atomic E-state index is 0.635. The van der Waals surface area contributed by atoms with Crippen LogP contribution in [0.15, 0.2) is 18.2 Å². The standard InChI is InChI=1S/C14H18N2O/c1-4-11-9(3)13(15)10-7-6-8-12(17-5-2)14(10)16-11/h6-8H,4-5H2,1-3H3,(H2,15,16). The topological polar surface area (TPSA) is 48.1 Å². The highest BCUT2D eigenvalue weighted by molar-refractivity contribution is 5.95. The molecule has 0 radical (unpaired) electrons. The Labute approximate surface area is 102 Å². The Morgan fingerprint density at radius 3 is 2.71 bits per heavy atom. The molecule has 2 N–H and O–H groups in total. The van der Waals surface area contributed by atoms with Gasteiger partial charge in [0.1, 0.15) is 11.3 Å². The third-order valence-electron chi connectivity index (χ3n) is 3.01. The van der Waals surface area contributed by atoms with Crippen molar-refractivity contribution in [2.45, 2.75) is 27.2 Å². The molecular weight excluding hydrogens is 212 g/mol. The zero-order valence-corrected chi connectivity index (χ0v) is 10.6. The van der Waals surface area contributed by atoms with Gasteiger partial charge >= 0.3 is 0 Å². The molecule has 90 valence electrons. The second-order valence-electron chi connectivity index (χ2n) is 4.04. The van der Waals surface area contributed by atoms with E-state index in [0.717, 1.165) is 40.0 Å². The predicted molar refractivity (Wildman–Crippen MR) is 71.4 cm³/mol. The van der Waals surface area contributed by atoms with Crippen molar-refractivity contribution in [2.75, 3.05) is 12.3 Å². The maximum atomic E-state index is 6.16. The summed E-state index contributed by atoms with van der Waals surface area (Å²) in [7, 11) is 0. The molecule has 0 saturated carbocycles. The summed E-state index contributed by atoms with van der Waals surface area (Å²) in [6.07, 6.45) is 0.881. The van der Waals surface area contributed by atoms with E-state index in [0.29, 0.717) is 6.61 Å². The number of pyridine rings is 1. The van der Waals surface area contributed by atoms with Crippen LogP contribution in [-0.4, -0.2) is 11.6 Å². The Morgan fingerprint density at radius 2 is 2.06 bits per heavy atom. The van der Waals surface area contributed by atoms with Gasteiger partial charge in [-0.05, 0) is 31.9 Å². The number of para-hydroxylation sites is 1. The summed E-state index contributed by atoms with van der Waals surface area (Å²) in [5.41, 5.74) is 9.97. The number of benzene rings is 1. The first-order valence-electron chi connectivity index (χ1n) is 5.99. The van der Waals surface area contributed by atoms with Crippen molar-refractivity contribution in [2.24, 2.45) is 0 Å². The fourth-order valence-corrected chi connectivity index (χ4v) is 2.05. The Morgan fingerprint density at radius 1 is 1.29 bits per heavy atom. The van der Waals surface area contributed by atoms with Crippen molar-refractivity contribution in [1.29, 1.82) is 0 Å². The normalized spacial score (nSPS) is 10.8. The summed E-state index contributed by atoms with van der Waals surface area (Å²) < 4.78 is 5.60. The van der Waals surface area contributed by atoms with Crippen molar-refractivity contribution in [3.05, 3.63) is 29.5 Å². The number of aryl methyl sites for hydroxylation is 1. The van der Waals surface area contributed by atoms with Gasteiger partial charge in [0.05, 0.1) is 6.61 Å². The summed E-state index contributed by atoms with van der Waals surface area (Å²) in [5.74, 6) is 0.811. The van der Waals surface area contributed by atoms with Crippen LogP contribution in [0.4, 0.5) is 5.69 Å². The van der Waals surface area contributed by atoms with Gasteiger partial charge in [-0.25, -0.2) is 4.98 Å². The van der Waals surface area contributed by atoms with Gasteiger partial charge in [0.15, 0.2) is 0 Å². The van der Waals surface area contributed by atoms with Gasteiger partial charge in [-0.1, -0.05) is 19.1 Å². The molecule has 2 aromatic rings. The Kier molecular flexibility index (Phi) is 3.18. The van der Waals surface area contributed by atoms with Gasteiger partial charge in [0.2, 0.25) is 0 Å². The average molecular weight is 230 g/mol. The molecule has 0 aliphatic rings. The molecular formula is C14H18N2O. The van der Waals surface area contributed by atoms with Crippen molar-refractivity contribution >= 4 is 16.6 Å². The van der Waals surface area contributed by atoms with Gasteiger partial charge < -0.3 is 10.5 Å². The number of hydrogen-bond donors (Lipinski definition) is 1. The highest BCUT2D eigenvalue weighted by Crippen LogP contribution is 2.31. The number of nitrogen functional groups attached to an aromatic ring is 1. The van der Waals surface area contributed by atoms with E-state index in [9.17, 15) is 0 Å². The number of aromatic nitrogens is 1. The molecule has 1 aromatic carbocycles. The summed E-state index contributed by atoms with van der Waals surface area (Å²) in [6, 6.07) is 5.89.